The average Bonchev–Trinajstić information content (AvgIpc) is 3.01. The highest BCUT2D eigenvalue weighted by molar-refractivity contribution is 5.91. The fraction of sp³-hybridized carbons (Fsp3) is 0.333. The van der Waals surface area contributed by atoms with Gasteiger partial charge in [0.25, 0.3) is 0 Å². The number of hydrogen-bond acceptors (Lipinski definition) is 5. The van der Waals surface area contributed by atoms with E-state index in [1.807, 2.05) is 82.3 Å². The summed E-state index contributed by atoms with van der Waals surface area (Å²) in [7, 11) is 1.29. The molecule has 5 rings (SSSR count). The highest BCUT2D eigenvalue weighted by Crippen LogP contribution is 2.42. The lowest BCUT2D eigenvalue weighted by molar-refractivity contribution is 0.00569. The van der Waals surface area contributed by atoms with Crippen molar-refractivity contribution < 1.29 is 28.2 Å². The van der Waals surface area contributed by atoms with Crippen LogP contribution in [0.1, 0.15) is 78.7 Å². The minimum Gasteiger partial charge on any atom is -0.488 e. The van der Waals surface area contributed by atoms with Gasteiger partial charge in [0.2, 0.25) is 0 Å². The molecular formula is C36H38FNO5. The normalized spacial score (nSPS) is 17.0. The van der Waals surface area contributed by atoms with Crippen molar-refractivity contribution in [1.82, 2.24) is 4.90 Å². The van der Waals surface area contributed by atoms with Gasteiger partial charge in [-0.2, -0.15) is 0 Å². The molecule has 4 aromatic carbocycles. The molecule has 0 fully saturated rings. The summed E-state index contributed by atoms with van der Waals surface area (Å²) in [6.45, 7) is 7.09. The van der Waals surface area contributed by atoms with Gasteiger partial charge in [0.05, 0.1) is 25.3 Å². The van der Waals surface area contributed by atoms with Crippen LogP contribution in [-0.4, -0.2) is 42.3 Å². The lowest BCUT2D eigenvalue weighted by atomic mass is 9.83. The van der Waals surface area contributed by atoms with Gasteiger partial charge in [-0.15, -0.1) is 0 Å². The van der Waals surface area contributed by atoms with Gasteiger partial charge in [-0.3, -0.25) is 4.90 Å². The molecule has 1 unspecified atom stereocenters. The molecule has 0 aliphatic carbocycles. The van der Waals surface area contributed by atoms with E-state index in [9.17, 15) is 14.0 Å². The first-order valence-electron chi connectivity index (χ1n) is 14.6. The first kappa shape index (κ1) is 30.1. The van der Waals surface area contributed by atoms with Crippen molar-refractivity contribution in [2.24, 2.45) is 0 Å². The van der Waals surface area contributed by atoms with Crippen LogP contribution in [0.15, 0.2) is 84.9 Å². The van der Waals surface area contributed by atoms with Crippen LogP contribution in [0.25, 0.3) is 10.8 Å². The summed E-state index contributed by atoms with van der Waals surface area (Å²) in [5.74, 6) is -0.0216. The molecule has 1 aliphatic heterocycles. The predicted octanol–water partition coefficient (Wildman–Crippen LogP) is 8.38. The summed E-state index contributed by atoms with van der Waals surface area (Å²) >= 11 is 0. The van der Waals surface area contributed by atoms with Crippen molar-refractivity contribution in [1.29, 1.82) is 0 Å². The van der Waals surface area contributed by atoms with Crippen LogP contribution in [0, 0.1) is 0 Å². The Hall–Kier alpha value is -4.39. The molecule has 0 saturated carbocycles. The molecule has 0 aromatic heterocycles. The molecule has 0 saturated heterocycles. The first-order valence-corrected chi connectivity index (χ1v) is 14.6. The molecule has 0 N–H and O–H groups in total. The maximum absolute atomic E-state index is 13.8. The fourth-order valence-corrected chi connectivity index (χ4v) is 5.86. The molecule has 7 heteroatoms. The van der Waals surface area contributed by atoms with E-state index in [0.29, 0.717) is 12.2 Å². The summed E-state index contributed by atoms with van der Waals surface area (Å²) in [4.78, 5) is 28.0. The standard InChI is InChI=1S/C36H38FNO5/c1-23(28-15-10-12-24-11-6-7-13-29(24)28)38(35(40)43-36(2,3)4)22-27-20-31(30-14-8-9-16-33(30)42-27)25-17-18-26(21-37)32(19-25)34(39)41-5/h6-19,23,27,31H,20-22H2,1-5H3/t23-,27-,31?/m1/s1. The van der Waals surface area contributed by atoms with E-state index in [1.54, 1.807) is 17.0 Å². The summed E-state index contributed by atoms with van der Waals surface area (Å²) < 4.78 is 31.1. The molecule has 1 heterocycles. The van der Waals surface area contributed by atoms with E-state index in [-0.39, 0.29) is 35.7 Å². The third-order valence-corrected chi connectivity index (χ3v) is 7.94. The van der Waals surface area contributed by atoms with Crippen molar-refractivity contribution in [3.63, 3.8) is 0 Å². The molecule has 1 amide bonds. The lowest BCUT2D eigenvalue weighted by Gasteiger charge is -2.38. The molecule has 0 spiro atoms. The Kier molecular flexibility index (Phi) is 8.71. The number of esters is 1. The van der Waals surface area contributed by atoms with Gasteiger partial charge in [-0.1, -0.05) is 72.8 Å². The number of amides is 1. The summed E-state index contributed by atoms with van der Waals surface area (Å²) in [6.07, 6.45) is -0.270. The highest BCUT2D eigenvalue weighted by Gasteiger charge is 2.35. The van der Waals surface area contributed by atoms with Crippen molar-refractivity contribution in [2.75, 3.05) is 13.7 Å². The van der Waals surface area contributed by atoms with Crippen LogP contribution in [-0.2, 0) is 16.1 Å². The zero-order valence-corrected chi connectivity index (χ0v) is 25.3. The zero-order chi connectivity index (χ0) is 30.7. The molecule has 224 valence electrons. The van der Waals surface area contributed by atoms with Gasteiger partial charge in [-0.05, 0) is 73.7 Å². The summed E-state index contributed by atoms with van der Waals surface area (Å²) in [5.41, 5.74) is 2.65. The second-order valence-corrected chi connectivity index (χ2v) is 12.0. The van der Waals surface area contributed by atoms with E-state index in [2.05, 4.69) is 18.2 Å². The predicted molar refractivity (Wildman–Crippen MR) is 165 cm³/mol. The number of methoxy groups -OCH3 is 1. The van der Waals surface area contributed by atoms with E-state index in [4.69, 9.17) is 14.2 Å². The Labute approximate surface area is 252 Å². The topological polar surface area (TPSA) is 65.1 Å². The van der Waals surface area contributed by atoms with Gasteiger partial charge in [0.1, 0.15) is 24.1 Å². The molecule has 0 radical (unpaired) electrons. The van der Waals surface area contributed by atoms with Crippen molar-refractivity contribution in [3.05, 3.63) is 113 Å². The fourth-order valence-electron chi connectivity index (χ4n) is 5.86. The number of halogens is 1. The van der Waals surface area contributed by atoms with Crippen LogP contribution >= 0.6 is 0 Å². The monoisotopic (exact) mass is 583 g/mol. The SMILES string of the molecule is COC(=O)c1cc(C2C[C@H](CN(C(=O)OC(C)(C)C)[C@H](C)c3cccc4ccccc34)Oc3ccccc32)ccc1CF. The molecule has 0 bridgehead atoms. The van der Waals surface area contributed by atoms with E-state index < -0.39 is 24.3 Å². The number of ether oxygens (including phenoxy) is 3. The van der Waals surface area contributed by atoms with E-state index in [0.717, 1.165) is 27.5 Å². The van der Waals surface area contributed by atoms with Crippen LogP contribution < -0.4 is 4.74 Å². The smallest absolute Gasteiger partial charge is 0.410 e. The average molecular weight is 584 g/mol. The van der Waals surface area contributed by atoms with Gasteiger partial charge >= 0.3 is 12.1 Å². The Balaban J connectivity index is 1.52. The van der Waals surface area contributed by atoms with Crippen LogP contribution in [0.5, 0.6) is 5.75 Å². The second kappa shape index (κ2) is 12.5. The van der Waals surface area contributed by atoms with Crippen LogP contribution in [0.4, 0.5) is 9.18 Å². The molecule has 3 atom stereocenters. The van der Waals surface area contributed by atoms with Crippen molar-refractivity contribution in [2.45, 2.75) is 64.5 Å². The van der Waals surface area contributed by atoms with Crippen LogP contribution in [0.3, 0.4) is 0 Å². The van der Waals surface area contributed by atoms with Gasteiger partial charge in [0, 0.05) is 11.5 Å². The van der Waals surface area contributed by atoms with Crippen LogP contribution in [0.2, 0.25) is 0 Å². The Morgan fingerprint density at radius 2 is 1.72 bits per heavy atom. The number of hydrogen-bond donors (Lipinski definition) is 0. The maximum atomic E-state index is 13.8. The largest absolute Gasteiger partial charge is 0.488 e. The number of benzene rings is 4. The Morgan fingerprint density at radius 1 is 1.00 bits per heavy atom. The Bertz CT molecular complexity index is 1620. The number of fused-ring (bicyclic) bond motifs is 2. The summed E-state index contributed by atoms with van der Waals surface area (Å²) in [5, 5.41) is 2.17. The van der Waals surface area contributed by atoms with E-state index >= 15 is 0 Å². The number of alkyl halides is 1. The minimum absolute atomic E-state index is 0.152. The van der Waals surface area contributed by atoms with Gasteiger partial charge in [-0.25, -0.2) is 14.0 Å². The molecule has 4 aromatic rings. The number of rotatable bonds is 7. The molecule has 1 aliphatic rings. The number of carbonyl (C=O) groups excluding carboxylic acids is 2. The number of carbonyl (C=O) groups is 2. The van der Waals surface area contributed by atoms with Gasteiger partial charge in [0.15, 0.2) is 0 Å². The molecule has 43 heavy (non-hydrogen) atoms. The van der Waals surface area contributed by atoms with Crippen molar-refractivity contribution >= 4 is 22.8 Å². The number of nitrogens with zero attached hydrogens (tertiary/aromatic N) is 1. The third kappa shape index (κ3) is 6.51. The van der Waals surface area contributed by atoms with Crippen molar-refractivity contribution in [3.8, 4) is 5.75 Å². The molecule has 6 nitrogen and oxygen atoms in total. The number of para-hydroxylation sites is 1. The quantitative estimate of drug-likeness (QED) is 0.205. The van der Waals surface area contributed by atoms with Gasteiger partial charge < -0.3 is 14.2 Å². The maximum Gasteiger partial charge on any atom is 0.410 e. The first-order chi connectivity index (χ1) is 20.6. The zero-order valence-electron chi connectivity index (χ0n) is 25.3. The minimum atomic E-state index is -0.769. The lowest BCUT2D eigenvalue weighted by Crippen LogP contribution is -2.45. The van der Waals surface area contributed by atoms with E-state index in [1.165, 1.54) is 7.11 Å². The summed E-state index contributed by atoms with van der Waals surface area (Å²) in [6, 6.07) is 26.9. The third-order valence-electron chi connectivity index (χ3n) is 7.94. The highest BCUT2D eigenvalue weighted by atomic mass is 19.1. The molecular weight excluding hydrogens is 545 g/mol. The Morgan fingerprint density at radius 3 is 2.47 bits per heavy atom. The second-order valence-electron chi connectivity index (χ2n) is 12.0.